The van der Waals surface area contributed by atoms with Crippen LogP contribution in [-0.4, -0.2) is 30.4 Å². The van der Waals surface area contributed by atoms with Crippen molar-refractivity contribution in [1.82, 2.24) is 5.32 Å². The molecule has 0 aromatic carbocycles. The van der Waals surface area contributed by atoms with Crippen molar-refractivity contribution in [2.75, 3.05) is 13.2 Å². The maximum Gasteiger partial charge on any atom is 0.0906 e. The van der Waals surface area contributed by atoms with Crippen LogP contribution in [0.25, 0.3) is 0 Å². The topological polar surface area (TPSA) is 41.5 Å². The monoisotopic (exact) mass is 183 g/mol. The van der Waals surface area contributed by atoms with Gasteiger partial charge >= 0.3 is 0 Å². The third-order valence-electron chi connectivity index (χ3n) is 2.57. The van der Waals surface area contributed by atoms with Crippen molar-refractivity contribution in [3.63, 3.8) is 0 Å². The van der Waals surface area contributed by atoms with Crippen LogP contribution in [0.1, 0.15) is 25.7 Å². The Morgan fingerprint density at radius 1 is 1.62 bits per heavy atom. The first-order valence-electron chi connectivity index (χ1n) is 5.08. The molecule has 74 valence electrons. The predicted molar refractivity (Wildman–Crippen MR) is 50.3 cm³/mol. The predicted octanol–water partition coefficient (Wildman–Crippen LogP) is 0.794. The molecule has 2 rings (SSSR count). The van der Waals surface area contributed by atoms with Gasteiger partial charge < -0.3 is 15.2 Å². The Kier molecular flexibility index (Phi) is 2.86. The normalized spacial score (nSPS) is 24.8. The molecule has 2 N–H and O–H groups in total. The molecular formula is C10H17NO2. The molecule has 1 unspecified atom stereocenters. The minimum atomic E-state index is -0.346. The molecule has 0 amide bonds. The van der Waals surface area contributed by atoms with Crippen LogP contribution in [0.3, 0.4) is 0 Å². The van der Waals surface area contributed by atoms with Crippen LogP contribution in [0.5, 0.6) is 0 Å². The van der Waals surface area contributed by atoms with E-state index in [2.05, 4.69) is 5.32 Å². The number of nitrogens with one attached hydrogen (secondary N) is 1. The molecule has 1 aliphatic heterocycles. The zero-order valence-corrected chi connectivity index (χ0v) is 7.83. The molecule has 13 heavy (non-hydrogen) atoms. The summed E-state index contributed by atoms with van der Waals surface area (Å²) >= 11 is 0. The van der Waals surface area contributed by atoms with Crippen molar-refractivity contribution in [2.24, 2.45) is 0 Å². The first-order chi connectivity index (χ1) is 6.36. The standard InChI is InChI=1S/C10H17NO2/c12-10(6-11-9-3-4-9)8-2-1-5-13-7-8/h7,9-12H,1-6H2. The van der Waals surface area contributed by atoms with E-state index < -0.39 is 0 Å². The van der Waals surface area contributed by atoms with Crippen molar-refractivity contribution in [3.05, 3.63) is 11.8 Å². The fraction of sp³-hybridized carbons (Fsp3) is 0.800. The largest absolute Gasteiger partial charge is 0.501 e. The number of hydrogen-bond acceptors (Lipinski definition) is 3. The lowest BCUT2D eigenvalue weighted by Crippen LogP contribution is -2.30. The molecule has 3 nitrogen and oxygen atoms in total. The summed E-state index contributed by atoms with van der Waals surface area (Å²) in [6, 6.07) is 0.666. The van der Waals surface area contributed by atoms with E-state index in [1.807, 2.05) is 0 Å². The van der Waals surface area contributed by atoms with E-state index in [0.29, 0.717) is 12.6 Å². The maximum atomic E-state index is 9.74. The van der Waals surface area contributed by atoms with E-state index in [9.17, 15) is 5.11 Å². The van der Waals surface area contributed by atoms with E-state index in [4.69, 9.17) is 4.74 Å². The highest BCUT2D eigenvalue weighted by molar-refractivity contribution is 5.07. The van der Waals surface area contributed by atoms with Gasteiger partial charge in [-0.2, -0.15) is 0 Å². The fourth-order valence-electron chi connectivity index (χ4n) is 1.53. The van der Waals surface area contributed by atoms with Crippen LogP contribution in [-0.2, 0) is 4.74 Å². The van der Waals surface area contributed by atoms with Crippen LogP contribution >= 0.6 is 0 Å². The van der Waals surface area contributed by atoms with Gasteiger partial charge in [0.05, 0.1) is 19.0 Å². The molecule has 0 spiro atoms. The van der Waals surface area contributed by atoms with E-state index in [1.165, 1.54) is 12.8 Å². The van der Waals surface area contributed by atoms with E-state index in [-0.39, 0.29) is 6.10 Å². The van der Waals surface area contributed by atoms with E-state index in [1.54, 1.807) is 6.26 Å². The number of aliphatic hydroxyl groups is 1. The van der Waals surface area contributed by atoms with Crippen molar-refractivity contribution in [2.45, 2.75) is 37.8 Å². The van der Waals surface area contributed by atoms with Crippen molar-refractivity contribution >= 4 is 0 Å². The SMILES string of the molecule is OC(CNC1CC1)C1=COCCC1. The molecule has 0 bridgehead atoms. The molecule has 3 heteroatoms. The minimum absolute atomic E-state index is 0.346. The Morgan fingerprint density at radius 3 is 3.08 bits per heavy atom. The average molecular weight is 183 g/mol. The number of aliphatic hydroxyl groups excluding tert-OH is 1. The summed E-state index contributed by atoms with van der Waals surface area (Å²) in [6.07, 6.45) is 5.92. The van der Waals surface area contributed by atoms with E-state index >= 15 is 0 Å². The molecule has 1 atom stereocenters. The molecule has 1 fully saturated rings. The lowest BCUT2D eigenvalue weighted by Gasteiger charge is -2.19. The molecule has 0 aromatic heterocycles. The Hall–Kier alpha value is -0.540. The zero-order valence-electron chi connectivity index (χ0n) is 7.83. The highest BCUT2D eigenvalue weighted by Gasteiger charge is 2.22. The molecule has 1 heterocycles. The Balaban J connectivity index is 1.73. The zero-order chi connectivity index (χ0) is 9.10. The third kappa shape index (κ3) is 2.71. The molecular weight excluding hydrogens is 166 g/mol. The van der Waals surface area contributed by atoms with Crippen LogP contribution in [0.15, 0.2) is 11.8 Å². The summed E-state index contributed by atoms with van der Waals surface area (Å²) < 4.78 is 5.18. The lowest BCUT2D eigenvalue weighted by atomic mass is 10.0. The highest BCUT2D eigenvalue weighted by atomic mass is 16.5. The van der Waals surface area contributed by atoms with Gasteiger partial charge in [-0.15, -0.1) is 0 Å². The van der Waals surface area contributed by atoms with Gasteiger partial charge in [-0.1, -0.05) is 0 Å². The number of rotatable bonds is 4. The van der Waals surface area contributed by atoms with Crippen LogP contribution in [0.4, 0.5) is 0 Å². The highest BCUT2D eigenvalue weighted by Crippen LogP contribution is 2.20. The second-order valence-electron chi connectivity index (χ2n) is 3.87. The van der Waals surface area contributed by atoms with Crippen LogP contribution in [0.2, 0.25) is 0 Å². The molecule has 0 radical (unpaired) electrons. The summed E-state index contributed by atoms with van der Waals surface area (Å²) in [5, 5.41) is 13.0. The van der Waals surface area contributed by atoms with Crippen molar-refractivity contribution in [3.8, 4) is 0 Å². The van der Waals surface area contributed by atoms with Gasteiger partial charge in [0.15, 0.2) is 0 Å². The van der Waals surface area contributed by atoms with Gasteiger partial charge in [0.25, 0.3) is 0 Å². The summed E-state index contributed by atoms with van der Waals surface area (Å²) in [5.41, 5.74) is 1.04. The quantitative estimate of drug-likeness (QED) is 0.677. The van der Waals surface area contributed by atoms with Crippen LogP contribution in [0, 0.1) is 0 Å². The molecule has 1 aliphatic carbocycles. The van der Waals surface area contributed by atoms with Gasteiger partial charge in [0.2, 0.25) is 0 Å². The average Bonchev–Trinajstić information content (AvgIpc) is 2.99. The van der Waals surface area contributed by atoms with Crippen LogP contribution < -0.4 is 5.32 Å². The fourth-order valence-corrected chi connectivity index (χ4v) is 1.53. The minimum Gasteiger partial charge on any atom is -0.501 e. The lowest BCUT2D eigenvalue weighted by molar-refractivity contribution is 0.166. The first-order valence-corrected chi connectivity index (χ1v) is 5.08. The van der Waals surface area contributed by atoms with Gasteiger partial charge in [-0.05, 0) is 31.3 Å². The Morgan fingerprint density at radius 2 is 2.46 bits per heavy atom. The summed E-state index contributed by atoms with van der Waals surface area (Å²) in [6.45, 7) is 1.48. The maximum absolute atomic E-state index is 9.74. The number of hydrogen-bond donors (Lipinski definition) is 2. The number of ether oxygens (including phenoxy) is 1. The summed E-state index contributed by atoms with van der Waals surface area (Å²) in [7, 11) is 0. The molecule has 0 saturated heterocycles. The van der Waals surface area contributed by atoms with Gasteiger partial charge in [-0.25, -0.2) is 0 Å². The molecule has 1 saturated carbocycles. The van der Waals surface area contributed by atoms with Crippen molar-refractivity contribution < 1.29 is 9.84 Å². The van der Waals surface area contributed by atoms with Gasteiger partial charge in [-0.3, -0.25) is 0 Å². The van der Waals surface area contributed by atoms with Crippen molar-refractivity contribution in [1.29, 1.82) is 0 Å². The Bertz CT molecular complexity index is 199. The summed E-state index contributed by atoms with van der Waals surface area (Å²) in [5.74, 6) is 0. The summed E-state index contributed by atoms with van der Waals surface area (Å²) in [4.78, 5) is 0. The van der Waals surface area contributed by atoms with Gasteiger partial charge in [0, 0.05) is 12.6 Å². The second-order valence-corrected chi connectivity index (χ2v) is 3.87. The molecule has 2 aliphatic rings. The molecule has 0 aromatic rings. The Labute approximate surface area is 78.8 Å². The first kappa shape index (κ1) is 9.03. The van der Waals surface area contributed by atoms with E-state index in [0.717, 1.165) is 25.0 Å². The third-order valence-corrected chi connectivity index (χ3v) is 2.57. The second kappa shape index (κ2) is 4.11. The van der Waals surface area contributed by atoms with Gasteiger partial charge in [0.1, 0.15) is 0 Å². The smallest absolute Gasteiger partial charge is 0.0906 e.